The van der Waals surface area contributed by atoms with Crippen molar-refractivity contribution in [1.29, 1.82) is 0 Å². The van der Waals surface area contributed by atoms with Crippen molar-refractivity contribution >= 4 is 17.7 Å². The van der Waals surface area contributed by atoms with Crippen molar-refractivity contribution in [2.45, 2.75) is 30.9 Å². The minimum Gasteiger partial charge on any atom is -0.356 e. The SMILES string of the molecule is CN=C(NCC1CCCS1)NCC(C)c1ccccc1. The van der Waals surface area contributed by atoms with Gasteiger partial charge in [0.15, 0.2) is 5.96 Å². The van der Waals surface area contributed by atoms with Crippen LogP contribution in [0.1, 0.15) is 31.2 Å². The van der Waals surface area contributed by atoms with Crippen LogP contribution in [0.2, 0.25) is 0 Å². The minimum atomic E-state index is 0.482. The summed E-state index contributed by atoms with van der Waals surface area (Å²) in [5.41, 5.74) is 1.36. The van der Waals surface area contributed by atoms with E-state index in [1.165, 1.54) is 24.2 Å². The molecule has 1 saturated heterocycles. The molecule has 4 heteroatoms. The monoisotopic (exact) mass is 291 g/mol. The third-order valence-electron chi connectivity index (χ3n) is 3.69. The van der Waals surface area contributed by atoms with Crippen molar-refractivity contribution in [2.75, 3.05) is 25.9 Å². The fourth-order valence-electron chi connectivity index (χ4n) is 2.39. The minimum absolute atomic E-state index is 0.482. The molecule has 1 aliphatic rings. The van der Waals surface area contributed by atoms with E-state index in [-0.39, 0.29) is 0 Å². The fraction of sp³-hybridized carbons (Fsp3) is 0.562. The Morgan fingerprint density at radius 1 is 1.35 bits per heavy atom. The second-order valence-electron chi connectivity index (χ2n) is 5.28. The number of aliphatic imine (C=N–C) groups is 1. The second-order valence-corrected chi connectivity index (χ2v) is 6.69. The zero-order chi connectivity index (χ0) is 14.2. The van der Waals surface area contributed by atoms with Gasteiger partial charge in [0, 0.05) is 25.4 Å². The Morgan fingerprint density at radius 2 is 2.15 bits per heavy atom. The van der Waals surface area contributed by atoms with Crippen LogP contribution in [0.15, 0.2) is 35.3 Å². The highest BCUT2D eigenvalue weighted by molar-refractivity contribution is 8.00. The van der Waals surface area contributed by atoms with Crippen LogP contribution in [-0.2, 0) is 0 Å². The van der Waals surface area contributed by atoms with Gasteiger partial charge in [-0.25, -0.2) is 0 Å². The zero-order valence-corrected chi connectivity index (χ0v) is 13.2. The van der Waals surface area contributed by atoms with E-state index >= 15 is 0 Å². The molecule has 1 aromatic rings. The van der Waals surface area contributed by atoms with Gasteiger partial charge in [0.25, 0.3) is 0 Å². The lowest BCUT2D eigenvalue weighted by molar-refractivity contribution is 0.685. The number of guanidine groups is 1. The number of rotatable bonds is 5. The zero-order valence-electron chi connectivity index (χ0n) is 12.4. The van der Waals surface area contributed by atoms with Crippen LogP contribution >= 0.6 is 11.8 Å². The van der Waals surface area contributed by atoms with E-state index in [1.807, 2.05) is 7.05 Å². The summed E-state index contributed by atoms with van der Waals surface area (Å²) < 4.78 is 0. The maximum absolute atomic E-state index is 4.30. The molecule has 0 amide bonds. The molecule has 110 valence electrons. The van der Waals surface area contributed by atoms with Crippen molar-refractivity contribution in [3.8, 4) is 0 Å². The highest BCUT2D eigenvalue weighted by Crippen LogP contribution is 2.25. The van der Waals surface area contributed by atoms with Crippen molar-refractivity contribution in [3.63, 3.8) is 0 Å². The van der Waals surface area contributed by atoms with Crippen LogP contribution in [-0.4, -0.2) is 37.1 Å². The number of benzene rings is 1. The van der Waals surface area contributed by atoms with Crippen molar-refractivity contribution in [3.05, 3.63) is 35.9 Å². The van der Waals surface area contributed by atoms with Gasteiger partial charge in [-0.2, -0.15) is 11.8 Å². The molecule has 0 radical (unpaired) electrons. The number of nitrogens with one attached hydrogen (secondary N) is 2. The molecule has 1 aromatic carbocycles. The average molecular weight is 291 g/mol. The van der Waals surface area contributed by atoms with Gasteiger partial charge in [0.05, 0.1) is 0 Å². The van der Waals surface area contributed by atoms with E-state index in [0.717, 1.165) is 24.3 Å². The summed E-state index contributed by atoms with van der Waals surface area (Å²) >= 11 is 2.07. The molecule has 3 nitrogen and oxygen atoms in total. The Balaban J connectivity index is 1.73. The fourth-order valence-corrected chi connectivity index (χ4v) is 3.59. The van der Waals surface area contributed by atoms with Gasteiger partial charge in [-0.15, -0.1) is 0 Å². The Hall–Kier alpha value is -1.16. The Kier molecular flexibility index (Phi) is 6.25. The predicted molar refractivity (Wildman–Crippen MR) is 89.7 cm³/mol. The molecular weight excluding hydrogens is 266 g/mol. The Labute approximate surface area is 126 Å². The van der Waals surface area contributed by atoms with Gasteiger partial charge in [0.1, 0.15) is 0 Å². The molecule has 0 bridgehead atoms. The summed E-state index contributed by atoms with van der Waals surface area (Å²) in [6.07, 6.45) is 2.68. The first-order chi connectivity index (χ1) is 9.79. The average Bonchev–Trinajstić information content (AvgIpc) is 3.01. The molecule has 2 rings (SSSR count). The van der Waals surface area contributed by atoms with Gasteiger partial charge in [-0.1, -0.05) is 37.3 Å². The molecule has 2 unspecified atom stereocenters. The van der Waals surface area contributed by atoms with E-state index < -0.39 is 0 Å². The molecule has 1 fully saturated rings. The van der Waals surface area contributed by atoms with Gasteiger partial charge < -0.3 is 10.6 Å². The van der Waals surface area contributed by atoms with Gasteiger partial charge in [0.2, 0.25) is 0 Å². The molecule has 2 atom stereocenters. The van der Waals surface area contributed by atoms with E-state index in [9.17, 15) is 0 Å². The Morgan fingerprint density at radius 3 is 2.80 bits per heavy atom. The molecule has 1 aliphatic heterocycles. The lowest BCUT2D eigenvalue weighted by Gasteiger charge is -2.17. The van der Waals surface area contributed by atoms with Crippen molar-refractivity contribution < 1.29 is 0 Å². The number of thioether (sulfide) groups is 1. The first-order valence-electron chi connectivity index (χ1n) is 7.40. The first kappa shape index (κ1) is 15.2. The topological polar surface area (TPSA) is 36.4 Å². The summed E-state index contributed by atoms with van der Waals surface area (Å²) in [7, 11) is 1.84. The summed E-state index contributed by atoms with van der Waals surface area (Å²) in [6.45, 7) is 4.16. The van der Waals surface area contributed by atoms with Gasteiger partial charge in [-0.05, 0) is 30.1 Å². The van der Waals surface area contributed by atoms with E-state index in [1.54, 1.807) is 0 Å². The lowest BCUT2D eigenvalue weighted by Crippen LogP contribution is -2.41. The van der Waals surface area contributed by atoms with Gasteiger partial charge in [-0.3, -0.25) is 4.99 Å². The normalized spacial score (nSPS) is 20.7. The van der Waals surface area contributed by atoms with Crippen LogP contribution in [0.3, 0.4) is 0 Å². The molecule has 0 saturated carbocycles. The second kappa shape index (κ2) is 8.20. The first-order valence-corrected chi connectivity index (χ1v) is 8.45. The third kappa shape index (κ3) is 4.75. The van der Waals surface area contributed by atoms with Crippen LogP contribution < -0.4 is 10.6 Å². The molecule has 20 heavy (non-hydrogen) atoms. The molecule has 2 N–H and O–H groups in total. The standard InChI is InChI=1S/C16H25N3S/c1-13(14-7-4-3-5-8-14)11-18-16(17-2)19-12-15-9-6-10-20-15/h3-5,7-8,13,15H,6,9-12H2,1-2H3,(H2,17,18,19). The molecular formula is C16H25N3S. The van der Waals surface area contributed by atoms with E-state index in [4.69, 9.17) is 0 Å². The highest BCUT2D eigenvalue weighted by atomic mass is 32.2. The van der Waals surface area contributed by atoms with E-state index in [2.05, 4.69) is 64.6 Å². The van der Waals surface area contributed by atoms with Crippen molar-refractivity contribution in [1.82, 2.24) is 10.6 Å². The molecule has 0 aliphatic carbocycles. The number of hydrogen-bond donors (Lipinski definition) is 2. The number of hydrogen-bond acceptors (Lipinski definition) is 2. The molecule has 0 aromatic heterocycles. The Bertz CT molecular complexity index is 413. The summed E-state index contributed by atoms with van der Waals surface area (Å²) in [5.74, 6) is 2.71. The van der Waals surface area contributed by atoms with Crippen molar-refractivity contribution in [2.24, 2.45) is 4.99 Å². The highest BCUT2D eigenvalue weighted by Gasteiger charge is 2.15. The van der Waals surface area contributed by atoms with Crippen LogP contribution in [0.4, 0.5) is 0 Å². The molecule has 0 spiro atoms. The summed E-state index contributed by atoms with van der Waals surface area (Å²) in [5, 5.41) is 7.61. The maximum Gasteiger partial charge on any atom is 0.191 e. The van der Waals surface area contributed by atoms with Gasteiger partial charge >= 0.3 is 0 Å². The van der Waals surface area contributed by atoms with E-state index in [0.29, 0.717) is 5.92 Å². The molecule has 1 heterocycles. The van der Waals surface area contributed by atoms with Crippen LogP contribution in [0.25, 0.3) is 0 Å². The number of nitrogens with zero attached hydrogens (tertiary/aromatic N) is 1. The summed E-state index contributed by atoms with van der Waals surface area (Å²) in [4.78, 5) is 4.30. The smallest absolute Gasteiger partial charge is 0.191 e. The quantitative estimate of drug-likeness (QED) is 0.647. The maximum atomic E-state index is 4.30. The largest absolute Gasteiger partial charge is 0.356 e. The predicted octanol–water partition coefficient (Wildman–Crippen LogP) is 2.85. The van der Waals surface area contributed by atoms with Crippen LogP contribution in [0, 0.1) is 0 Å². The lowest BCUT2D eigenvalue weighted by atomic mass is 10.0. The van der Waals surface area contributed by atoms with Crippen LogP contribution in [0.5, 0.6) is 0 Å². The third-order valence-corrected chi connectivity index (χ3v) is 5.09. The summed E-state index contributed by atoms with van der Waals surface area (Å²) in [6, 6.07) is 10.6.